The van der Waals surface area contributed by atoms with Crippen molar-refractivity contribution >= 4 is 17.6 Å². The average Bonchev–Trinajstić information content (AvgIpc) is 2.41. The van der Waals surface area contributed by atoms with Crippen LogP contribution in [0.2, 0.25) is 5.02 Å². The highest BCUT2D eigenvalue weighted by Crippen LogP contribution is 2.32. The van der Waals surface area contributed by atoms with Crippen molar-refractivity contribution in [3.05, 3.63) is 47.1 Å². The number of pyridine rings is 1. The van der Waals surface area contributed by atoms with E-state index in [1.807, 2.05) is 6.92 Å². The zero-order chi connectivity index (χ0) is 14.5. The second-order valence-electron chi connectivity index (χ2n) is 3.79. The Bertz CT molecular complexity index is 630. The molecule has 1 aromatic heterocycles. The van der Waals surface area contributed by atoms with Gasteiger partial charge < -0.3 is 14.6 Å². The summed E-state index contributed by atoms with van der Waals surface area (Å²) in [7, 11) is 0. The third-order valence-electron chi connectivity index (χ3n) is 2.42. The third-order valence-corrected chi connectivity index (χ3v) is 2.65. The Hall–Kier alpha value is -2.27. The van der Waals surface area contributed by atoms with Gasteiger partial charge in [-0.3, -0.25) is 0 Å². The first-order chi connectivity index (χ1) is 9.61. The molecule has 0 saturated carbocycles. The summed E-state index contributed by atoms with van der Waals surface area (Å²) >= 11 is 5.86. The van der Waals surface area contributed by atoms with Crippen molar-refractivity contribution in [2.45, 2.75) is 6.92 Å². The first-order valence-corrected chi connectivity index (χ1v) is 6.28. The van der Waals surface area contributed by atoms with Crippen LogP contribution in [0.3, 0.4) is 0 Å². The number of aromatic carboxylic acids is 1. The molecule has 0 spiro atoms. The molecule has 104 valence electrons. The van der Waals surface area contributed by atoms with Crippen LogP contribution in [-0.2, 0) is 0 Å². The van der Waals surface area contributed by atoms with Gasteiger partial charge in [0, 0.05) is 17.3 Å². The maximum absolute atomic E-state index is 11.2. The molecule has 0 fully saturated rings. The fraction of sp³-hybridized carbons (Fsp3) is 0.143. The van der Waals surface area contributed by atoms with Crippen LogP contribution in [0.5, 0.6) is 17.4 Å². The van der Waals surface area contributed by atoms with E-state index in [1.165, 1.54) is 24.4 Å². The molecule has 0 bridgehead atoms. The molecule has 5 nitrogen and oxygen atoms in total. The van der Waals surface area contributed by atoms with Crippen LogP contribution in [0.1, 0.15) is 17.3 Å². The minimum atomic E-state index is -1.11. The second-order valence-corrected chi connectivity index (χ2v) is 4.22. The van der Waals surface area contributed by atoms with Crippen LogP contribution in [0.25, 0.3) is 0 Å². The van der Waals surface area contributed by atoms with Crippen molar-refractivity contribution in [3.8, 4) is 17.4 Å². The molecular formula is C14H12ClNO4. The van der Waals surface area contributed by atoms with Crippen molar-refractivity contribution < 1.29 is 19.4 Å². The summed E-state index contributed by atoms with van der Waals surface area (Å²) in [5.41, 5.74) is 0.00232. The van der Waals surface area contributed by atoms with Gasteiger partial charge in [-0.1, -0.05) is 11.6 Å². The zero-order valence-corrected chi connectivity index (χ0v) is 11.4. The van der Waals surface area contributed by atoms with Crippen molar-refractivity contribution in [2.75, 3.05) is 6.61 Å². The number of nitrogens with zero attached hydrogens (tertiary/aromatic N) is 1. The minimum absolute atomic E-state index is 0.00232. The van der Waals surface area contributed by atoms with Gasteiger partial charge >= 0.3 is 5.97 Å². The van der Waals surface area contributed by atoms with Gasteiger partial charge in [-0.05, 0) is 31.2 Å². The number of ether oxygens (including phenoxy) is 2. The Kier molecular flexibility index (Phi) is 4.42. The normalized spacial score (nSPS) is 10.1. The number of carboxylic acid groups (broad SMARTS) is 1. The number of benzene rings is 1. The molecule has 0 aliphatic heterocycles. The molecule has 0 amide bonds. The van der Waals surface area contributed by atoms with Gasteiger partial charge in [-0.2, -0.15) is 0 Å². The van der Waals surface area contributed by atoms with Crippen LogP contribution in [0.4, 0.5) is 0 Å². The number of halogens is 1. The lowest BCUT2D eigenvalue weighted by Crippen LogP contribution is -2.02. The number of aromatic nitrogens is 1. The second kappa shape index (κ2) is 6.25. The van der Waals surface area contributed by atoms with E-state index in [0.29, 0.717) is 17.4 Å². The van der Waals surface area contributed by atoms with Crippen LogP contribution in [-0.4, -0.2) is 22.7 Å². The molecule has 1 N–H and O–H groups in total. The van der Waals surface area contributed by atoms with Gasteiger partial charge in [0.05, 0.1) is 6.61 Å². The van der Waals surface area contributed by atoms with E-state index in [0.717, 1.165) is 0 Å². The molecule has 0 unspecified atom stereocenters. The summed E-state index contributed by atoms with van der Waals surface area (Å²) in [5.74, 6) is -0.361. The summed E-state index contributed by atoms with van der Waals surface area (Å²) in [4.78, 5) is 15.2. The highest BCUT2D eigenvalue weighted by atomic mass is 35.5. The molecular weight excluding hydrogens is 282 g/mol. The molecule has 2 aromatic rings. The monoisotopic (exact) mass is 293 g/mol. The lowest BCUT2D eigenvalue weighted by molar-refractivity contribution is 0.0694. The number of carbonyl (C=O) groups is 1. The maximum Gasteiger partial charge on any atom is 0.339 e. The maximum atomic E-state index is 11.2. The summed E-state index contributed by atoms with van der Waals surface area (Å²) in [6.45, 7) is 2.28. The predicted molar refractivity (Wildman–Crippen MR) is 73.9 cm³/mol. The predicted octanol–water partition coefficient (Wildman–Crippen LogP) is 3.62. The Morgan fingerprint density at radius 3 is 2.85 bits per heavy atom. The number of hydrogen-bond acceptors (Lipinski definition) is 4. The molecule has 0 radical (unpaired) electrons. The number of rotatable bonds is 5. The van der Waals surface area contributed by atoms with Crippen LogP contribution >= 0.6 is 11.6 Å². The summed E-state index contributed by atoms with van der Waals surface area (Å²) in [6, 6.07) is 7.68. The summed E-state index contributed by atoms with van der Waals surface area (Å²) < 4.78 is 10.9. The first kappa shape index (κ1) is 14.1. The first-order valence-electron chi connectivity index (χ1n) is 5.90. The summed E-state index contributed by atoms with van der Waals surface area (Å²) in [6.07, 6.45) is 1.53. The van der Waals surface area contributed by atoms with E-state index in [4.69, 9.17) is 26.2 Å². The van der Waals surface area contributed by atoms with Crippen molar-refractivity contribution in [1.29, 1.82) is 0 Å². The fourth-order valence-corrected chi connectivity index (χ4v) is 1.74. The van der Waals surface area contributed by atoms with Crippen LogP contribution < -0.4 is 9.47 Å². The number of hydrogen-bond donors (Lipinski definition) is 1. The average molecular weight is 294 g/mol. The molecule has 6 heteroatoms. The van der Waals surface area contributed by atoms with E-state index < -0.39 is 5.97 Å². The van der Waals surface area contributed by atoms with Crippen molar-refractivity contribution in [2.24, 2.45) is 0 Å². The highest BCUT2D eigenvalue weighted by molar-refractivity contribution is 6.30. The summed E-state index contributed by atoms with van der Waals surface area (Å²) in [5, 5.41) is 9.51. The Balaban J connectivity index is 2.39. The van der Waals surface area contributed by atoms with Gasteiger partial charge in [0.15, 0.2) is 5.75 Å². The highest BCUT2D eigenvalue weighted by Gasteiger charge is 2.15. The van der Waals surface area contributed by atoms with Gasteiger partial charge in [0.1, 0.15) is 11.3 Å². The van der Waals surface area contributed by atoms with E-state index in [2.05, 4.69) is 4.98 Å². The third kappa shape index (κ3) is 3.19. The molecule has 0 aliphatic rings. The fourth-order valence-electron chi connectivity index (χ4n) is 1.58. The zero-order valence-electron chi connectivity index (χ0n) is 10.7. The van der Waals surface area contributed by atoms with Crippen molar-refractivity contribution in [3.63, 3.8) is 0 Å². The standard InChI is InChI=1S/C14H12ClNO4/c1-2-19-11-4-3-7-16-13(11)20-12-8-9(15)5-6-10(12)14(17)18/h3-8H,2H2,1H3,(H,17,18). The lowest BCUT2D eigenvalue weighted by atomic mass is 10.2. The molecule has 0 aliphatic carbocycles. The molecule has 0 saturated heterocycles. The Morgan fingerprint density at radius 2 is 2.15 bits per heavy atom. The molecule has 2 rings (SSSR count). The van der Waals surface area contributed by atoms with Gasteiger partial charge in [-0.25, -0.2) is 9.78 Å². The van der Waals surface area contributed by atoms with E-state index in [9.17, 15) is 4.79 Å². The minimum Gasteiger partial charge on any atom is -0.488 e. The Labute approximate surface area is 120 Å². The van der Waals surface area contributed by atoms with Crippen molar-refractivity contribution in [1.82, 2.24) is 4.98 Å². The van der Waals surface area contributed by atoms with E-state index >= 15 is 0 Å². The largest absolute Gasteiger partial charge is 0.488 e. The van der Waals surface area contributed by atoms with Crippen LogP contribution in [0.15, 0.2) is 36.5 Å². The van der Waals surface area contributed by atoms with Crippen LogP contribution in [0, 0.1) is 0 Å². The molecule has 20 heavy (non-hydrogen) atoms. The quantitative estimate of drug-likeness (QED) is 0.911. The van der Waals surface area contributed by atoms with E-state index in [1.54, 1.807) is 12.1 Å². The SMILES string of the molecule is CCOc1cccnc1Oc1cc(Cl)ccc1C(=O)O. The molecule has 0 atom stereocenters. The van der Waals surface area contributed by atoms with Gasteiger partial charge in [0.25, 0.3) is 5.88 Å². The smallest absolute Gasteiger partial charge is 0.339 e. The number of carboxylic acids is 1. The molecule has 1 aromatic carbocycles. The topological polar surface area (TPSA) is 68.7 Å². The molecule has 1 heterocycles. The lowest BCUT2D eigenvalue weighted by Gasteiger charge is -2.11. The Morgan fingerprint density at radius 1 is 1.35 bits per heavy atom. The van der Waals surface area contributed by atoms with E-state index in [-0.39, 0.29) is 17.2 Å². The van der Waals surface area contributed by atoms with Gasteiger partial charge in [0.2, 0.25) is 0 Å². The van der Waals surface area contributed by atoms with Gasteiger partial charge in [-0.15, -0.1) is 0 Å².